The zero-order valence-electron chi connectivity index (χ0n) is 18.4. The Morgan fingerprint density at radius 3 is 0.885 bits per heavy atom. The second-order valence-corrected chi connectivity index (χ2v) is 8.38. The van der Waals surface area contributed by atoms with Crippen LogP contribution >= 0.6 is 0 Å². The van der Waals surface area contributed by atoms with Crippen molar-refractivity contribution in [1.82, 2.24) is 0 Å². The first-order valence-electron chi connectivity index (χ1n) is 12.3. The zero-order valence-corrected chi connectivity index (χ0v) is 18.4. The summed E-state index contributed by atoms with van der Waals surface area (Å²) in [7, 11) is 0. The van der Waals surface area contributed by atoms with Gasteiger partial charge >= 0.3 is 0 Å². The first kappa shape index (κ1) is 25.9. The third kappa shape index (κ3) is 22.0. The summed E-state index contributed by atoms with van der Waals surface area (Å²) in [6, 6.07) is 0. The maximum Gasteiger partial charge on any atom is 0.144 e. The van der Waals surface area contributed by atoms with E-state index in [4.69, 9.17) is 0 Å². The van der Waals surface area contributed by atoms with Crippen molar-refractivity contribution >= 4 is 0 Å². The Bertz CT molecular complexity index is 238. The van der Waals surface area contributed by atoms with Gasteiger partial charge in [-0.05, 0) is 12.8 Å². The molecular formula is C25H50F. The molecule has 0 rings (SSSR count). The van der Waals surface area contributed by atoms with Crippen molar-refractivity contribution < 1.29 is 4.39 Å². The van der Waals surface area contributed by atoms with E-state index >= 15 is 0 Å². The number of hydrogen-bond acceptors (Lipinski definition) is 0. The summed E-state index contributed by atoms with van der Waals surface area (Å²) in [5, 5.41) is 0. The molecule has 0 saturated heterocycles. The highest BCUT2D eigenvalue weighted by atomic mass is 19.1. The van der Waals surface area contributed by atoms with Gasteiger partial charge in [0.15, 0.2) is 0 Å². The van der Waals surface area contributed by atoms with Crippen LogP contribution in [0.1, 0.15) is 155 Å². The van der Waals surface area contributed by atoms with Crippen molar-refractivity contribution in [3.05, 3.63) is 6.17 Å². The lowest BCUT2D eigenvalue weighted by Crippen LogP contribution is -1.91. The molecule has 0 heterocycles. The minimum Gasteiger partial charge on any atom is -0.240 e. The molecule has 0 nitrogen and oxygen atoms in total. The molecule has 26 heavy (non-hydrogen) atoms. The molecule has 0 aliphatic rings. The summed E-state index contributed by atoms with van der Waals surface area (Å²) < 4.78 is 13.7. The molecule has 1 heteroatoms. The van der Waals surface area contributed by atoms with Gasteiger partial charge in [-0.2, -0.15) is 0 Å². The van der Waals surface area contributed by atoms with Crippen LogP contribution in [0.5, 0.6) is 0 Å². The Morgan fingerprint density at radius 2 is 0.615 bits per heavy atom. The van der Waals surface area contributed by atoms with E-state index in [1.807, 2.05) is 0 Å². The van der Waals surface area contributed by atoms with E-state index in [0.717, 1.165) is 25.7 Å². The van der Waals surface area contributed by atoms with Gasteiger partial charge in [-0.3, -0.25) is 0 Å². The Kier molecular flexibility index (Phi) is 22.9. The van der Waals surface area contributed by atoms with Crippen LogP contribution < -0.4 is 0 Å². The van der Waals surface area contributed by atoms with Crippen LogP contribution in [0.3, 0.4) is 0 Å². The first-order valence-corrected chi connectivity index (χ1v) is 12.3. The van der Waals surface area contributed by atoms with Gasteiger partial charge in [0.2, 0.25) is 0 Å². The molecule has 0 unspecified atom stereocenters. The van der Waals surface area contributed by atoms with E-state index in [9.17, 15) is 4.39 Å². The average molecular weight is 370 g/mol. The fourth-order valence-electron chi connectivity index (χ4n) is 3.73. The lowest BCUT2D eigenvalue weighted by atomic mass is 10.0. The molecular weight excluding hydrogens is 319 g/mol. The Morgan fingerprint density at radius 1 is 0.385 bits per heavy atom. The minimum atomic E-state index is 0.260. The number of halogens is 1. The monoisotopic (exact) mass is 369 g/mol. The molecule has 0 aromatic heterocycles. The lowest BCUT2D eigenvalue weighted by molar-refractivity contribution is 0.397. The van der Waals surface area contributed by atoms with Gasteiger partial charge in [0.1, 0.15) is 6.17 Å². The van der Waals surface area contributed by atoms with Crippen LogP contribution in [0, 0.1) is 6.17 Å². The highest BCUT2D eigenvalue weighted by Crippen LogP contribution is 2.21. The van der Waals surface area contributed by atoms with Crippen LogP contribution in [0.2, 0.25) is 0 Å². The quantitative estimate of drug-likeness (QED) is 0.166. The summed E-state index contributed by atoms with van der Waals surface area (Å²) in [5.74, 6) is 0. The maximum atomic E-state index is 13.7. The minimum absolute atomic E-state index is 0.260. The molecule has 0 aliphatic heterocycles. The van der Waals surface area contributed by atoms with Gasteiger partial charge in [0.05, 0.1) is 0 Å². The van der Waals surface area contributed by atoms with Gasteiger partial charge in [-0.15, -0.1) is 0 Å². The Balaban J connectivity index is 3.08. The molecule has 0 bridgehead atoms. The molecule has 0 aromatic rings. The molecule has 0 aliphatic carbocycles. The third-order valence-corrected chi connectivity index (χ3v) is 5.60. The van der Waals surface area contributed by atoms with Crippen molar-refractivity contribution in [2.75, 3.05) is 0 Å². The molecule has 0 amide bonds. The second-order valence-electron chi connectivity index (χ2n) is 8.38. The predicted molar refractivity (Wildman–Crippen MR) is 117 cm³/mol. The third-order valence-electron chi connectivity index (χ3n) is 5.60. The fourth-order valence-corrected chi connectivity index (χ4v) is 3.73. The van der Waals surface area contributed by atoms with E-state index in [1.165, 1.54) is 116 Å². The molecule has 1 radical (unpaired) electrons. The topological polar surface area (TPSA) is 0 Å². The molecule has 0 saturated carbocycles. The number of hydrogen-bond donors (Lipinski definition) is 0. The Labute approximate surface area is 166 Å². The number of rotatable bonds is 22. The Hall–Kier alpha value is -0.0700. The molecule has 0 spiro atoms. The van der Waals surface area contributed by atoms with E-state index in [-0.39, 0.29) is 6.17 Å². The zero-order chi connectivity index (χ0) is 19.1. The van der Waals surface area contributed by atoms with Gasteiger partial charge in [0.25, 0.3) is 0 Å². The van der Waals surface area contributed by atoms with E-state index in [2.05, 4.69) is 13.8 Å². The van der Waals surface area contributed by atoms with Gasteiger partial charge in [0, 0.05) is 0 Å². The lowest BCUT2D eigenvalue weighted by Gasteiger charge is -2.07. The highest BCUT2D eigenvalue weighted by molar-refractivity contribution is 4.75. The largest absolute Gasteiger partial charge is 0.240 e. The summed E-state index contributed by atoms with van der Waals surface area (Å²) in [5.41, 5.74) is 0. The summed E-state index contributed by atoms with van der Waals surface area (Å²) in [6.07, 6.45) is 28.5. The highest BCUT2D eigenvalue weighted by Gasteiger charge is 2.07. The summed E-state index contributed by atoms with van der Waals surface area (Å²) in [6.45, 7) is 4.51. The van der Waals surface area contributed by atoms with E-state index in [1.54, 1.807) is 0 Å². The van der Waals surface area contributed by atoms with Gasteiger partial charge in [-0.25, -0.2) is 4.39 Å². The van der Waals surface area contributed by atoms with Crippen molar-refractivity contribution in [3.8, 4) is 0 Å². The van der Waals surface area contributed by atoms with Gasteiger partial charge in [-0.1, -0.05) is 142 Å². The second kappa shape index (κ2) is 23.0. The van der Waals surface area contributed by atoms with Crippen molar-refractivity contribution in [2.45, 2.75) is 155 Å². The van der Waals surface area contributed by atoms with E-state index < -0.39 is 0 Å². The van der Waals surface area contributed by atoms with Crippen LogP contribution in [-0.2, 0) is 0 Å². The van der Waals surface area contributed by atoms with Crippen LogP contribution in [0.25, 0.3) is 0 Å². The normalized spacial score (nSPS) is 11.5. The molecule has 157 valence electrons. The SMILES string of the molecule is CCCCCCCCCCCCCCCCC[C](F)CCCCCCC. The van der Waals surface area contributed by atoms with Crippen LogP contribution in [0.15, 0.2) is 0 Å². The van der Waals surface area contributed by atoms with Crippen molar-refractivity contribution in [2.24, 2.45) is 0 Å². The smallest absolute Gasteiger partial charge is 0.144 e. The summed E-state index contributed by atoms with van der Waals surface area (Å²) >= 11 is 0. The first-order chi connectivity index (χ1) is 12.8. The molecule has 0 N–H and O–H groups in total. The van der Waals surface area contributed by atoms with Crippen molar-refractivity contribution in [3.63, 3.8) is 0 Å². The standard InChI is InChI=1S/C25H50F/c1-3-5-7-9-10-11-12-13-14-15-16-17-18-20-22-24-25(26)23-21-19-8-6-4-2/h3-24H2,1-2H3. The van der Waals surface area contributed by atoms with Crippen molar-refractivity contribution in [1.29, 1.82) is 0 Å². The van der Waals surface area contributed by atoms with E-state index in [0.29, 0.717) is 0 Å². The fraction of sp³-hybridized carbons (Fsp3) is 0.960. The molecule has 0 aromatic carbocycles. The van der Waals surface area contributed by atoms with Gasteiger partial charge < -0.3 is 0 Å². The van der Waals surface area contributed by atoms with Crippen LogP contribution in [-0.4, -0.2) is 0 Å². The average Bonchev–Trinajstić information content (AvgIpc) is 2.64. The molecule has 0 atom stereocenters. The summed E-state index contributed by atoms with van der Waals surface area (Å²) in [4.78, 5) is 0. The predicted octanol–water partition coefficient (Wildman–Crippen LogP) is 10.1. The molecule has 0 fully saturated rings. The maximum absolute atomic E-state index is 13.7. The number of unbranched alkanes of at least 4 members (excludes halogenated alkanes) is 18. The van der Waals surface area contributed by atoms with Crippen LogP contribution in [0.4, 0.5) is 4.39 Å².